The zero-order valence-electron chi connectivity index (χ0n) is 29.9. The molecule has 0 fully saturated rings. The molecule has 0 aromatic carbocycles. The second-order valence-electron chi connectivity index (χ2n) is 13.9. The summed E-state index contributed by atoms with van der Waals surface area (Å²) in [6, 6.07) is 0. The lowest BCUT2D eigenvalue weighted by Crippen LogP contribution is -2.25. The molecule has 1 atom stereocenters. The summed E-state index contributed by atoms with van der Waals surface area (Å²) in [6.07, 6.45) is 35.8. The molecule has 0 aliphatic carbocycles. The number of carbonyl (C=O) groups excluding carboxylic acids is 2. The highest BCUT2D eigenvalue weighted by atomic mass is 16.6. The molecule has 5 heteroatoms. The van der Waals surface area contributed by atoms with Crippen LogP contribution in [-0.4, -0.2) is 36.4 Å². The number of unbranched alkanes of at least 4 members (excludes halogenated alkanes) is 25. The molecular formula is C39H76O5. The molecule has 0 heterocycles. The molecule has 0 aliphatic rings. The van der Waals surface area contributed by atoms with Crippen LogP contribution in [0.3, 0.4) is 0 Å². The summed E-state index contributed by atoms with van der Waals surface area (Å²) in [4.78, 5) is 23.9. The van der Waals surface area contributed by atoms with Crippen molar-refractivity contribution in [2.45, 2.75) is 219 Å². The fourth-order valence-corrected chi connectivity index (χ4v) is 5.80. The lowest BCUT2D eigenvalue weighted by molar-refractivity contribution is -0.152. The van der Waals surface area contributed by atoms with E-state index in [2.05, 4.69) is 20.8 Å². The number of hydrogen-bond donors (Lipinski definition) is 1. The first-order valence-corrected chi connectivity index (χ1v) is 19.4. The fourth-order valence-electron chi connectivity index (χ4n) is 5.80. The number of carbonyl (C=O) groups is 2. The van der Waals surface area contributed by atoms with Gasteiger partial charge in [0, 0.05) is 12.8 Å². The van der Waals surface area contributed by atoms with Gasteiger partial charge in [0.05, 0.1) is 0 Å². The van der Waals surface area contributed by atoms with Crippen molar-refractivity contribution in [1.82, 2.24) is 0 Å². The first kappa shape index (κ1) is 42.9. The third-order valence-corrected chi connectivity index (χ3v) is 8.77. The first-order chi connectivity index (χ1) is 21.5. The summed E-state index contributed by atoms with van der Waals surface area (Å²) in [7, 11) is 0. The average Bonchev–Trinajstić information content (AvgIpc) is 3.00. The van der Waals surface area contributed by atoms with E-state index in [1.165, 1.54) is 154 Å². The lowest BCUT2D eigenvalue weighted by atomic mass is 10.0. The standard InChI is InChI=1S/C39H76O5/c1-4-5-6-7-8-9-10-17-20-23-26-29-32-38(41)43-34-37(40)35-44-39(42)33-30-27-24-21-18-15-13-11-12-14-16-19-22-25-28-31-36(2)3/h36-37,40H,4-35H2,1-3H3/t37-/m0/s1. The summed E-state index contributed by atoms with van der Waals surface area (Å²) in [6.45, 7) is 6.68. The van der Waals surface area contributed by atoms with E-state index in [0.717, 1.165) is 31.6 Å². The van der Waals surface area contributed by atoms with Gasteiger partial charge in [-0.05, 0) is 18.8 Å². The molecule has 0 aromatic rings. The van der Waals surface area contributed by atoms with Gasteiger partial charge in [0.25, 0.3) is 0 Å². The van der Waals surface area contributed by atoms with Gasteiger partial charge in [-0.2, -0.15) is 0 Å². The van der Waals surface area contributed by atoms with Gasteiger partial charge in [-0.3, -0.25) is 9.59 Å². The van der Waals surface area contributed by atoms with Gasteiger partial charge in [0.2, 0.25) is 0 Å². The Kier molecular flexibility index (Phi) is 33.9. The third-order valence-electron chi connectivity index (χ3n) is 8.77. The van der Waals surface area contributed by atoms with Gasteiger partial charge in [-0.25, -0.2) is 0 Å². The summed E-state index contributed by atoms with van der Waals surface area (Å²) in [5.41, 5.74) is 0. The molecule has 1 N–H and O–H groups in total. The van der Waals surface area contributed by atoms with E-state index in [9.17, 15) is 14.7 Å². The van der Waals surface area contributed by atoms with Crippen LogP contribution in [0.1, 0.15) is 213 Å². The predicted octanol–water partition coefficient (Wildman–Crippen LogP) is 11.8. The van der Waals surface area contributed by atoms with Crippen molar-refractivity contribution in [3.63, 3.8) is 0 Å². The quantitative estimate of drug-likeness (QED) is 0.0561. The van der Waals surface area contributed by atoms with Crippen molar-refractivity contribution in [1.29, 1.82) is 0 Å². The van der Waals surface area contributed by atoms with Crippen LogP contribution in [0, 0.1) is 5.92 Å². The Bertz CT molecular complexity index is 605. The van der Waals surface area contributed by atoms with Crippen molar-refractivity contribution < 1.29 is 24.2 Å². The highest BCUT2D eigenvalue weighted by Crippen LogP contribution is 2.16. The van der Waals surface area contributed by atoms with Crippen molar-refractivity contribution >= 4 is 11.9 Å². The number of esters is 2. The molecular weight excluding hydrogens is 548 g/mol. The topological polar surface area (TPSA) is 72.8 Å². The van der Waals surface area contributed by atoms with Crippen molar-refractivity contribution in [3.8, 4) is 0 Å². The zero-order valence-corrected chi connectivity index (χ0v) is 29.9. The second kappa shape index (κ2) is 34.8. The molecule has 44 heavy (non-hydrogen) atoms. The first-order valence-electron chi connectivity index (χ1n) is 19.4. The zero-order chi connectivity index (χ0) is 32.4. The lowest BCUT2D eigenvalue weighted by Gasteiger charge is -2.12. The number of rotatable bonds is 35. The molecule has 262 valence electrons. The van der Waals surface area contributed by atoms with E-state index in [0.29, 0.717) is 12.8 Å². The molecule has 0 spiro atoms. The molecule has 0 amide bonds. The molecule has 0 aliphatic heterocycles. The highest BCUT2D eigenvalue weighted by molar-refractivity contribution is 5.69. The fraction of sp³-hybridized carbons (Fsp3) is 0.949. The van der Waals surface area contributed by atoms with E-state index < -0.39 is 6.10 Å². The minimum Gasteiger partial charge on any atom is -0.463 e. The van der Waals surface area contributed by atoms with Crippen molar-refractivity contribution in [2.75, 3.05) is 13.2 Å². The van der Waals surface area contributed by atoms with Crippen molar-refractivity contribution in [3.05, 3.63) is 0 Å². The summed E-state index contributed by atoms with van der Waals surface area (Å²) < 4.78 is 10.3. The Hall–Kier alpha value is -1.10. The monoisotopic (exact) mass is 625 g/mol. The van der Waals surface area contributed by atoms with Gasteiger partial charge < -0.3 is 14.6 Å². The second-order valence-corrected chi connectivity index (χ2v) is 13.9. The Balaban J connectivity index is 3.37. The number of ether oxygens (including phenoxy) is 2. The molecule has 5 nitrogen and oxygen atoms in total. The highest BCUT2D eigenvalue weighted by Gasteiger charge is 2.12. The van der Waals surface area contributed by atoms with Gasteiger partial charge in [-0.1, -0.05) is 188 Å². The van der Waals surface area contributed by atoms with Crippen LogP contribution in [0.5, 0.6) is 0 Å². The maximum Gasteiger partial charge on any atom is 0.305 e. The van der Waals surface area contributed by atoms with Gasteiger partial charge in [-0.15, -0.1) is 0 Å². The Morgan fingerprint density at radius 2 is 0.727 bits per heavy atom. The van der Waals surface area contributed by atoms with Crippen LogP contribution in [-0.2, 0) is 19.1 Å². The summed E-state index contributed by atoms with van der Waals surface area (Å²) in [5.74, 6) is 0.304. The molecule has 0 radical (unpaired) electrons. The van der Waals surface area contributed by atoms with Crippen LogP contribution in [0.2, 0.25) is 0 Å². The largest absolute Gasteiger partial charge is 0.463 e. The average molecular weight is 625 g/mol. The molecule has 0 saturated carbocycles. The van der Waals surface area contributed by atoms with Crippen molar-refractivity contribution in [2.24, 2.45) is 5.92 Å². The normalized spacial score (nSPS) is 12.1. The molecule has 0 unspecified atom stereocenters. The maximum absolute atomic E-state index is 12.0. The summed E-state index contributed by atoms with van der Waals surface area (Å²) >= 11 is 0. The van der Waals surface area contributed by atoms with E-state index >= 15 is 0 Å². The van der Waals surface area contributed by atoms with Crippen LogP contribution in [0.4, 0.5) is 0 Å². The number of hydrogen-bond acceptors (Lipinski definition) is 5. The summed E-state index contributed by atoms with van der Waals surface area (Å²) in [5, 5.41) is 9.99. The SMILES string of the molecule is CCCCCCCCCCCCCCC(=O)OC[C@H](O)COC(=O)CCCCCCCCCCCCCCCCCC(C)C. The molecule has 0 aromatic heterocycles. The molecule has 0 bridgehead atoms. The van der Waals surface area contributed by atoms with E-state index in [1.54, 1.807) is 0 Å². The van der Waals surface area contributed by atoms with Gasteiger partial charge in [0.15, 0.2) is 0 Å². The van der Waals surface area contributed by atoms with E-state index in [1.807, 2.05) is 0 Å². The van der Waals surface area contributed by atoms with Crippen LogP contribution >= 0.6 is 0 Å². The van der Waals surface area contributed by atoms with Crippen LogP contribution < -0.4 is 0 Å². The van der Waals surface area contributed by atoms with Gasteiger partial charge in [0.1, 0.15) is 19.3 Å². The molecule has 0 rings (SSSR count). The minimum atomic E-state index is -0.954. The Labute approximate surface area is 274 Å². The van der Waals surface area contributed by atoms with E-state index in [-0.39, 0.29) is 25.2 Å². The maximum atomic E-state index is 12.0. The van der Waals surface area contributed by atoms with Gasteiger partial charge >= 0.3 is 11.9 Å². The Morgan fingerprint density at radius 3 is 1.02 bits per heavy atom. The Morgan fingerprint density at radius 1 is 0.455 bits per heavy atom. The van der Waals surface area contributed by atoms with E-state index in [4.69, 9.17) is 9.47 Å². The molecule has 0 saturated heterocycles. The predicted molar refractivity (Wildman–Crippen MR) is 187 cm³/mol. The number of aliphatic hydroxyl groups excluding tert-OH is 1. The smallest absolute Gasteiger partial charge is 0.305 e. The number of aliphatic hydroxyl groups is 1. The third kappa shape index (κ3) is 35.4. The minimum absolute atomic E-state index is 0.108. The van der Waals surface area contributed by atoms with Crippen LogP contribution in [0.25, 0.3) is 0 Å². The van der Waals surface area contributed by atoms with Crippen LogP contribution in [0.15, 0.2) is 0 Å².